The molecule has 20 heavy (non-hydrogen) atoms. The van der Waals surface area contributed by atoms with Crippen molar-refractivity contribution in [3.63, 3.8) is 0 Å². The maximum absolute atomic E-state index is 13.2. The predicted molar refractivity (Wildman–Crippen MR) is 81.5 cm³/mol. The fourth-order valence-corrected chi connectivity index (χ4v) is 3.61. The molecule has 1 atom stereocenters. The van der Waals surface area contributed by atoms with Gasteiger partial charge in [0.1, 0.15) is 5.82 Å². The lowest BCUT2D eigenvalue weighted by Gasteiger charge is -2.35. The van der Waals surface area contributed by atoms with Crippen LogP contribution in [0.1, 0.15) is 56.7 Å². The zero-order valence-corrected chi connectivity index (χ0v) is 12.8. The lowest BCUT2D eigenvalue weighted by molar-refractivity contribution is 0.189. The van der Waals surface area contributed by atoms with E-state index in [0.29, 0.717) is 5.92 Å². The molecule has 2 rings (SSSR count). The minimum absolute atomic E-state index is 0.142. The number of hydrogen-bond acceptors (Lipinski definition) is 2. The number of hydrogen-bond donors (Lipinski definition) is 2. The Morgan fingerprint density at radius 2 is 1.75 bits per heavy atom. The Morgan fingerprint density at radius 1 is 1.15 bits per heavy atom. The van der Waals surface area contributed by atoms with E-state index in [1.54, 1.807) is 6.07 Å². The molecule has 0 saturated heterocycles. The molecule has 112 valence electrons. The Hall–Kier alpha value is -0.930. The van der Waals surface area contributed by atoms with Crippen LogP contribution in [-0.4, -0.2) is 0 Å². The Labute approximate surface area is 121 Å². The molecule has 0 spiro atoms. The van der Waals surface area contributed by atoms with Gasteiger partial charge in [-0.05, 0) is 73.6 Å². The van der Waals surface area contributed by atoms with Gasteiger partial charge in [-0.3, -0.25) is 11.3 Å². The van der Waals surface area contributed by atoms with Gasteiger partial charge in [-0.2, -0.15) is 0 Å². The summed E-state index contributed by atoms with van der Waals surface area (Å²) in [7, 11) is 0. The molecule has 1 fully saturated rings. The number of nitrogens with one attached hydrogen (secondary N) is 1. The number of hydrazine groups is 1. The van der Waals surface area contributed by atoms with Crippen molar-refractivity contribution < 1.29 is 4.39 Å². The van der Waals surface area contributed by atoms with Gasteiger partial charge in [0.05, 0.1) is 0 Å². The quantitative estimate of drug-likeness (QED) is 0.643. The van der Waals surface area contributed by atoms with E-state index in [1.807, 2.05) is 13.0 Å². The Balaban J connectivity index is 2.09. The standard InChI is InChI=1S/C17H27FN2/c1-11(2)13-4-6-14(7-5-13)17(20-19)16-9-8-15(18)10-12(16)3/h8-11,13-14,17,20H,4-7,19H2,1-3H3. The second kappa shape index (κ2) is 6.68. The molecule has 0 aliphatic heterocycles. The van der Waals surface area contributed by atoms with Crippen molar-refractivity contribution in [1.29, 1.82) is 0 Å². The third-order valence-corrected chi connectivity index (χ3v) is 4.98. The Kier molecular flexibility index (Phi) is 5.17. The van der Waals surface area contributed by atoms with Crippen molar-refractivity contribution in [3.05, 3.63) is 35.1 Å². The third kappa shape index (κ3) is 3.39. The topological polar surface area (TPSA) is 38.0 Å². The molecular formula is C17H27FN2. The van der Waals surface area contributed by atoms with E-state index < -0.39 is 0 Å². The normalized spacial score (nSPS) is 24.9. The number of aryl methyl sites for hydroxylation is 1. The average Bonchev–Trinajstić information content (AvgIpc) is 2.42. The van der Waals surface area contributed by atoms with Crippen LogP contribution < -0.4 is 11.3 Å². The first kappa shape index (κ1) is 15.5. The molecule has 3 N–H and O–H groups in total. The average molecular weight is 278 g/mol. The molecule has 0 heterocycles. The Morgan fingerprint density at radius 3 is 2.25 bits per heavy atom. The van der Waals surface area contributed by atoms with Crippen LogP contribution in [0.2, 0.25) is 0 Å². The van der Waals surface area contributed by atoms with E-state index in [1.165, 1.54) is 31.7 Å². The van der Waals surface area contributed by atoms with Gasteiger partial charge in [0, 0.05) is 6.04 Å². The highest BCUT2D eigenvalue weighted by Crippen LogP contribution is 2.39. The monoisotopic (exact) mass is 278 g/mol. The summed E-state index contributed by atoms with van der Waals surface area (Å²) in [6.45, 7) is 6.59. The van der Waals surface area contributed by atoms with Gasteiger partial charge in [-0.25, -0.2) is 4.39 Å². The highest BCUT2D eigenvalue weighted by Gasteiger charge is 2.29. The van der Waals surface area contributed by atoms with Crippen LogP contribution in [0.5, 0.6) is 0 Å². The van der Waals surface area contributed by atoms with Gasteiger partial charge in [0.25, 0.3) is 0 Å². The smallest absolute Gasteiger partial charge is 0.123 e. The summed E-state index contributed by atoms with van der Waals surface area (Å²) in [5.41, 5.74) is 5.10. The molecule has 2 nitrogen and oxygen atoms in total. The maximum atomic E-state index is 13.2. The summed E-state index contributed by atoms with van der Waals surface area (Å²) in [6, 6.07) is 5.15. The van der Waals surface area contributed by atoms with Crippen molar-refractivity contribution in [2.24, 2.45) is 23.6 Å². The van der Waals surface area contributed by atoms with Crippen LogP contribution in [0.25, 0.3) is 0 Å². The van der Waals surface area contributed by atoms with E-state index in [9.17, 15) is 4.39 Å². The molecule has 0 radical (unpaired) electrons. The first-order chi connectivity index (χ1) is 9.52. The number of halogens is 1. The van der Waals surface area contributed by atoms with Gasteiger partial charge in [0.15, 0.2) is 0 Å². The van der Waals surface area contributed by atoms with Crippen LogP contribution in [0, 0.1) is 30.5 Å². The van der Waals surface area contributed by atoms with Gasteiger partial charge in [0.2, 0.25) is 0 Å². The number of benzene rings is 1. The molecule has 1 aromatic rings. The summed E-state index contributed by atoms with van der Waals surface area (Å²) in [5, 5.41) is 0. The molecule has 0 aromatic heterocycles. The molecule has 1 aromatic carbocycles. The zero-order chi connectivity index (χ0) is 14.7. The highest BCUT2D eigenvalue weighted by molar-refractivity contribution is 5.30. The van der Waals surface area contributed by atoms with E-state index in [2.05, 4.69) is 19.3 Å². The van der Waals surface area contributed by atoms with Crippen molar-refractivity contribution >= 4 is 0 Å². The molecule has 1 aliphatic carbocycles. The molecule has 0 amide bonds. The maximum Gasteiger partial charge on any atom is 0.123 e. The first-order valence-electron chi connectivity index (χ1n) is 7.75. The van der Waals surface area contributed by atoms with E-state index >= 15 is 0 Å². The second-order valence-electron chi connectivity index (χ2n) is 6.56. The predicted octanol–water partition coefficient (Wildman–Crippen LogP) is 4.10. The van der Waals surface area contributed by atoms with Crippen LogP contribution in [-0.2, 0) is 0 Å². The summed E-state index contributed by atoms with van der Waals surface area (Å²) in [6.07, 6.45) is 4.96. The van der Waals surface area contributed by atoms with Crippen LogP contribution in [0.4, 0.5) is 4.39 Å². The zero-order valence-electron chi connectivity index (χ0n) is 12.8. The van der Waals surface area contributed by atoms with Crippen LogP contribution >= 0.6 is 0 Å². The van der Waals surface area contributed by atoms with Crippen molar-refractivity contribution in [2.75, 3.05) is 0 Å². The minimum atomic E-state index is -0.175. The van der Waals surface area contributed by atoms with Gasteiger partial charge < -0.3 is 0 Å². The molecule has 3 heteroatoms. The molecule has 1 saturated carbocycles. The van der Waals surface area contributed by atoms with E-state index in [4.69, 9.17) is 5.84 Å². The molecular weight excluding hydrogens is 251 g/mol. The van der Waals surface area contributed by atoms with Gasteiger partial charge in [-0.15, -0.1) is 0 Å². The first-order valence-corrected chi connectivity index (χ1v) is 7.75. The van der Waals surface area contributed by atoms with E-state index in [-0.39, 0.29) is 11.9 Å². The molecule has 1 aliphatic rings. The van der Waals surface area contributed by atoms with Crippen LogP contribution in [0.15, 0.2) is 18.2 Å². The SMILES string of the molecule is Cc1cc(F)ccc1C(NN)C1CCC(C(C)C)CC1. The molecule has 0 bridgehead atoms. The van der Waals surface area contributed by atoms with Gasteiger partial charge in [-0.1, -0.05) is 19.9 Å². The van der Waals surface area contributed by atoms with Crippen molar-refractivity contribution in [1.82, 2.24) is 5.43 Å². The summed E-state index contributed by atoms with van der Waals surface area (Å²) in [5.74, 6) is 7.79. The van der Waals surface area contributed by atoms with E-state index in [0.717, 1.165) is 23.0 Å². The number of nitrogens with two attached hydrogens (primary N) is 1. The summed E-state index contributed by atoms with van der Waals surface area (Å²) in [4.78, 5) is 0. The van der Waals surface area contributed by atoms with Crippen LogP contribution in [0.3, 0.4) is 0 Å². The lowest BCUT2D eigenvalue weighted by Crippen LogP contribution is -2.36. The largest absolute Gasteiger partial charge is 0.271 e. The third-order valence-electron chi connectivity index (χ3n) is 4.98. The van der Waals surface area contributed by atoms with Crippen molar-refractivity contribution in [2.45, 2.75) is 52.5 Å². The van der Waals surface area contributed by atoms with Crippen molar-refractivity contribution in [3.8, 4) is 0 Å². The summed E-state index contributed by atoms with van der Waals surface area (Å²) < 4.78 is 13.2. The number of rotatable bonds is 4. The lowest BCUT2D eigenvalue weighted by atomic mass is 9.73. The van der Waals surface area contributed by atoms with Gasteiger partial charge >= 0.3 is 0 Å². The second-order valence-corrected chi connectivity index (χ2v) is 6.56. The Bertz CT molecular complexity index is 437. The minimum Gasteiger partial charge on any atom is -0.271 e. The molecule has 1 unspecified atom stereocenters. The highest BCUT2D eigenvalue weighted by atomic mass is 19.1. The fourth-order valence-electron chi connectivity index (χ4n) is 3.61. The fraction of sp³-hybridized carbons (Fsp3) is 0.647. The summed E-state index contributed by atoms with van der Waals surface area (Å²) >= 11 is 0.